The molecule has 1 fully saturated rings. The Morgan fingerprint density at radius 3 is 2.54 bits per heavy atom. The second-order valence-electron chi connectivity index (χ2n) is 6.21. The molecule has 4 nitrogen and oxygen atoms in total. The molecule has 1 aliphatic heterocycles. The standard InChI is InChI=1S/C17H24F3N3O/c1-22-10-5-11-23(13-12-22)16(24)21-15(17(18,19)20)9-8-14-6-3-2-4-7-14/h2-4,6-7,15H,5,8-13H2,1H3,(H,21,24)/t15-/m1/s1. The number of rotatable bonds is 4. The van der Waals surface area contributed by atoms with Gasteiger partial charge in [-0.25, -0.2) is 4.79 Å². The molecule has 2 rings (SSSR count). The third-order valence-corrected chi connectivity index (χ3v) is 4.26. The van der Waals surface area contributed by atoms with Crippen LogP contribution in [0.15, 0.2) is 30.3 Å². The minimum absolute atomic E-state index is 0.160. The predicted octanol–water partition coefficient (Wildman–Crippen LogP) is 2.90. The molecule has 1 heterocycles. The van der Waals surface area contributed by atoms with E-state index in [4.69, 9.17) is 0 Å². The molecule has 0 radical (unpaired) electrons. The molecule has 1 saturated heterocycles. The number of carbonyl (C=O) groups is 1. The van der Waals surface area contributed by atoms with Crippen molar-refractivity contribution in [3.8, 4) is 0 Å². The molecule has 1 atom stereocenters. The number of halogens is 3. The van der Waals surface area contributed by atoms with Crippen LogP contribution in [-0.4, -0.2) is 61.3 Å². The Bertz CT molecular complexity index is 522. The van der Waals surface area contributed by atoms with Crippen molar-refractivity contribution < 1.29 is 18.0 Å². The van der Waals surface area contributed by atoms with Crippen molar-refractivity contribution in [2.45, 2.75) is 31.5 Å². The molecule has 0 saturated carbocycles. The number of nitrogens with zero attached hydrogens (tertiary/aromatic N) is 2. The lowest BCUT2D eigenvalue weighted by molar-refractivity contribution is -0.154. The molecule has 0 aromatic heterocycles. The SMILES string of the molecule is CN1CCCN(C(=O)N[C@H](CCc2ccccc2)C(F)(F)F)CC1. The second-order valence-corrected chi connectivity index (χ2v) is 6.21. The van der Waals surface area contributed by atoms with Crippen LogP contribution in [0.2, 0.25) is 0 Å². The summed E-state index contributed by atoms with van der Waals surface area (Å²) < 4.78 is 39.8. The van der Waals surface area contributed by atoms with Gasteiger partial charge in [0.1, 0.15) is 6.04 Å². The zero-order chi connectivity index (χ0) is 17.6. The van der Waals surface area contributed by atoms with Crippen LogP contribution in [0.5, 0.6) is 0 Å². The van der Waals surface area contributed by atoms with E-state index in [9.17, 15) is 18.0 Å². The van der Waals surface area contributed by atoms with Crippen molar-refractivity contribution in [2.24, 2.45) is 0 Å². The molecule has 0 unspecified atom stereocenters. The third-order valence-electron chi connectivity index (χ3n) is 4.26. The first-order valence-corrected chi connectivity index (χ1v) is 8.21. The second kappa shape index (κ2) is 8.37. The summed E-state index contributed by atoms with van der Waals surface area (Å²) in [6, 6.07) is 6.55. The van der Waals surface area contributed by atoms with Crippen LogP contribution in [0, 0.1) is 0 Å². The predicted molar refractivity (Wildman–Crippen MR) is 86.8 cm³/mol. The van der Waals surface area contributed by atoms with Crippen molar-refractivity contribution in [2.75, 3.05) is 33.2 Å². The Morgan fingerprint density at radius 1 is 1.17 bits per heavy atom. The smallest absolute Gasteiger partial charge is 0.326 e. The van der Waals surface area contributed by atoms with Crippen LogP contribution in [0.4, 0.5) is 18.0 Å². The lowest BCUT2D eigenvalue weighted by Gasteiger charge is -2.27. The molecule has 134 valence electrons. The highest BCUT2D eigenvalue weighted by molar-refractivity contribution is 5.74. The zero-order valence-electron chi connectivity index (χ0n) is 13.9. The van der Waals surface area contributed by atoms with Gasteiger partial charge in [-0.2, -0.15) is 13.2 Å². The maximum atomic E-state index is 13.3. The van der Waals surface area contributed by atoms with Crippen molar-refractivity contribution in [3.63, 3.8) is 0 Å². The summed E-state index contributed by atoms with van der Waals surface area (Å²) >= 11 is 0. The molecule has 1 N–H and O–H groups in total. The van der Waals surface area contributed by atoms with Gasteiger partial charge in [0.25, 0.3) is 0 Å². The van der Waals surface area contributed by atoms with E-state index >= 15 is 0 Å². The first-order chi connectivity index (χ1) is 11.4. The van der Waals surface area contributed by atoms with Crippen LogP contribution in [0.3, 0.4) is 0 Å². The Hall–Kier alpha value is -1.76. The first-order valence-electron chi connectivity index (χ1n) is 8.21. The Morgan fingerprint density at radius 2 is 1.88 bits per heavy atom. The average molecular weight is 343 g/mol. The van der Waals surface area contributed by atoms with Gasteiger partial charge < -0.3 is 15.1 Å². The molecule has 1 aliphatic rings. The van der Waals surface area contributed by atoms with E-state index in [1.54, 1.807) is 24.3 Å². The van der Waals surface area contributed by atoms with Gasteiger partial charge in [0, 0.05) is 19.6 Å². The van der Waals surface area contributed by atoms with Crippen LogP contribution in [-0.2, 0) is 6.42 Å². The zero-order valence-corrected chi connectivity index (χ0v) is 13.9. The van der Waals surface area contributed by atoms with Crippen molar-refractivity contribution in [1.29, 1.82) is 0 Å². The molecule has 1 aromatic rings. The number of hydrogen-bond donors (Lipinski definition) is 1. The number of aryl methyl sites for hydroxylation is 1. The molecule has 24 heavy (non-hydrogen) atoms. The number of benzene rings is 1. The monoisotopic (exact) mass is 343 g/mol. The molecule has 0 aliphatic carbocycles. The summed E-state index contributed by atoms with van der Waals surface area (Å²) in [5.41, 5.74) is 0.831. The summed E-state index contributed by atoms with van der Waals surface area (Å²) in [5.74, 6) is 0. The van der Waals surface area contributed by atoms with Crippen LogP contribution >= 0.6 is 0 Å². The van der Waals surface area contributed by atoms with E-state index < -0.39 is 18.2 Å². The van der Waals surface area contributed by atoms with E-state index in [2.05, 4.69) is 10.2 Å². The van der Waals surface area contributed by atoms with E-state index in [-0.39, 0.29) is 12.8 Å². The minimum atomic E-state index is -4.45. The highest BCUT2D eigenvalue weighted by atomic mass is 19.4. The molecule has 0 bridgehead atoms. The van der Waals surface area contributed by atoms with Crippen molar-refractivity contribution >= 4 is 6.03 Å². The van der Waals surface area contributed by atoms with E-state index in [1.165, 1.54) is 4.90 Å². The molecule has 7 heteroatoms. The fourth-order valence-corrected chi connectivity index (χ4v) is 2.76. The van der Waals surface area contributed by atoms with Gasteiger partial charge >= 0.3 is 12.2 Å². The molecular weight excluding hydrogens is 319 g/mol. The highest BCUT2D eigenvalue weighted by Gasteiger charge is 2.40. The minimum Gasteiger partial charge on any atom is -0.326 e. The fourth-order valence-electron chi connectivity index (χ4n) is 2.76. The summed E-state index contributed by atoms with van der Waals surface area (Å²) in [5, 5.41) is 2.18. The van der Waals surface area contributed by atoms with Crippen LogP contribution in [0.25, 0.3) is 0 Å². The van der Waals surface area contributed by atoms with E-state index in [0.717, 1.165) is 18.5 Å². The highest BCUT2D eigenvalue weighted by Crippen LogP contribution is 2.24. The van der Waals surface area contributed by atoms with Gasteiger partial charge in [0.05, 0.1) is 0 Å². The van der Waals surface area contributed by atoms with Crippen molar-refractivity contribution in [3.05, 3.63) is 35.9 Å². The normalized spacial score (nSPS) is 18.1. The van der Waals surface area contributed by atoms with E-state index in [0.29, 0.717) is 19.6 Å². The number of carbonyl (C=O) groups excluding carboxylic acids is 1. The number of likely N-dealkylation sites (N-methyl/N-ethyl adjacent to an activating group) is 1. The Labute approximate surface area is 140 Å². The summed E-state index contributed by atoms with van der Waals surface area (Å²) in [7, 11) is 1.94. The Balaban J connectivity index is 1.94. The average Bonchev–Trinajstić information content (AvgIpc) is 2.76. The van der Waals surface area contributed by atoms with Crippen LogP contribution in [0.1, 0.15) is 18.4 Å². The maximum absolute atomic E-state index is 13.3. The first kappa shape index (κ1) is 18.6. The lowest BCUT2D eigenvalue weighted by atomic mass is 10.1. The quantitative estimate of drug-likeness (QED) is 0.912. The number of hydrogen-bond acceptors (Lipinski definition) is 2. The van der Waals surface area contributed by atoms with E-state index in [1.807, 2.05) is 13.1 Å². The van der Waals surface area contributed by atoms with Gasteiger partial charge in [0.2, 0.25) is 0 Å². The molecule has 2 amide bonds. The van der Waals surface area contributed by atoms with Gasteiger partial charge in [-0.15, -0.1) is 0 Å². The summed E-state index contributed by atoms with van der Waals surface area (Å²) in [4.78, 5) is 15.8. The molecule has 0 spiro atoms. The third kappa shape index (κ3) is 5.70. The van der Waals surface area contributed by atoms with Gasteiger partial charge in [-0.1, -0.05) is 30.3 Å². The summed E-state index contributed by atoms with van der Waals surface area (Å²) in [6.07, 6.45) is -3.57. The number of nitrogens with one attached hydrogen (secondary N) is 1. The largest absolute Gasteiger partial charge is 0.408 e. The fraction of sp³-hybridized carbons (Fsp3) is 0.588. The van der Waals surface area contributed by atoms with Crippen LogP contribution < -0.4 is 5.32 Å². The van der Waals surface area contributed by atoms with Gasteiger partial charge in [-0.05, 0) is 38.4 Å². The number of alkyl halides is 3. The topological polar surface area (TPSA) is 35.6 Å². The summed E-state index contributed by atoms with van der Waals surface area (Å²) in [6.45, 7) is 2.46. The van der Waals surface area contributed by atoms with Gasteiger partial charge in [0.15, 0.2) is 0 Å². The molecule has 1 aromatic carbocycles. The molecular formula is C17H24F3N3O. The number of urea groups is 1. The Kier molecular flexibility index (Phi) is 6.48. The maximum Gasteiger partial charge on any atom is 0.408 e. The van der Waals surface area contributed by atoms with Gasteiger partial charge in [-0.3, -0.25) is 0 Å². The van der Waals surface area contributed by atoms with Crippen molar-refractivity contribution in [1.82, 2.24) is 15.1 Å². The lowest BCUT2D eigenvalue weighted by Crippen LogP contribution is -2.51. The number of amides is 2.